The average Bonchev–Trinajstić information content (AvgIpc) is 3.32. The van der Waals surface area contributed by atoms with E-state index in [0.717, 1.165) is 38.0 Å². The molecule has 0 spiro atoms. The number of carbonyl (C=O) groups excluding carboxylic acids is 1. The van der Waals surface area contributed by atoms with Crippen LogP contribution in [0.4, 0.5) is 0 Å². The van der Waals surface area contributed by atoms with Crippen molar-refractivity contribution >= 4 is 5.91 Å². The van der Waals surface area contributed by atoms with E-state index in [1.165, 1.54) is 5.56 Å². The van der Waals surface area contributed by atoms with Gasteiger partial charge in [0.2, 0.25) is 0 Å². The van der Waals surface area contributed by atoms with Crippen LogP contribution in [0.1, 0.15) is 38.7 Å². The van der Waals surface area contributed by atoms with Gasteiger partial charge in [-0.05, 0) is 50.3 Å². The van der Waals surface area contributed by atoms with Gasteiger partial charge in [0, 0.05) is 18.6 Å². The molecule has 0 aliphatic heterocycles. The Hall–Kier alpha value is -1.55. The number of benzene rings is 1. The minimum Gasteiger partial charge on any atom is -0.484 e. The van der Waals surface area contributed by atoms with Gasteiger partial charge in [-0.1, -0.05) is 19.1 Å². The minimum absolute atomic E-state index is 0.0806. The van der Waals surface area contributed by atoms with Crippen LogP contribution in [0, 0.1) is 0 Å². The highest BCUT2D eigenvalue weighted by molar-refractivity contribution is 5.78. The van der Waals surface area contributed by atoms with E-state index in [2.05, 4.69) is 6.92 Å². The number of hydrogen-bond donors (Lipinski definition) is 1. The lowest BCUT2D eigenvalue weighted by atomic mass is 10.0. The molecule has 1 saturated carbocycles. The zero-order valence-corrected chi connectivity index (χ0v) is 13.0. The fourth-order valence-corrected chi connectivity index (χ4v) is 2.42. The Morgan fingerprint density at radius 1 is 1.33 bits per heavy atom. The lowest BCUT2D eigenvalue weighted by Crippen LogP contribution is -2.36. The Morgan fingerprint density at radius 3 is 2.52 bits per heavy atom. The van der Waals surface area contributed by atoms with E-state index < -0.39 is 0 Å². The van der Waals surface area contributed by atoms with Crippen LogP contribution in [-0.4, -0.2) is 36.0 Å². The van der Waals surface area contributed by atoms with Crippen LogP contribution in [0.5, 0.6) is 5.75 Å². The van der Waals surface area contributed by atoms with E-state index in [0.29, 0.717) is 6.04 Å². The molecular weight excluding hydrogens is 264 g/mol. The maximum Gasteiger partial charge on any atom is 0.260 e. The molecule has 1 aliphatic rings. The summed E-state index contributed by atoms with van der Waals surface area (Å²) < 4.78 is 5.59. The summed E-state index contributed by atoms with van der Waals surface area (Å²) in [6, 6.07) is 8.53. The Morgan fingerprint density at radius 2 is 2.00 bits per heavy atom. The van der Waals surface area contributed by atoms with Crippen molar-refractivity contribution in [2.75, 3.05) is 13.2 Å². The van der Waals surface area contributed by atoms with Crippen LogP contribution in [0.2, 0.25) is 0 Å². The SMILES string of the molecule is CCC(N)Cc1ccc(OCC(=O)N(CC)C2CC2)cc1. The van der Waals surface area contributed by atoms with E-state index in [4.69, 9.17) is 10.5 Å². The molecule has 1 atom stereocenters. The second-order valence-corrected chi connectivity index (χ2v) is 5.72. The maximum atomic E-state index is 12.1. The molecule has 4 heteroatoms. The van der Waals surface area contributed by atoms with Crippen LogP contribution >= 0.6 is 0 Å². The van der Waals surface area contributed by atoms with Gasteiger partial charge >= 0.3 is 0 Å². The van der Waals surface area contributed by atoms with Crippen molar-refractivity contribution in [3.05, 3.63) is 29.8 Å². The minimum atomic E-state index is 0.0806. The number of ether oxygens (including phenoxy) is 1. The van der Waals surface area contributed by atoms with E-state index in [9.17, 15) is 4.79 Å². The first-order chi connectivity index (χ1) is 10.1. The summed E-state index contributed by atoms with van der Waals surface area (Å²) >= 11 is 0. The van der Waals surface area contributed by atoms with Gasteiger partial charge in [-0.3, -0.25) is 4.79 Å². The van der Waals surface area contributed by atoms with E-state index in [1.54, 1.807) is 0 Å². The topological polar surface area (TPSA) is 55.6 Å². The molecule has 1 aromatic rings. The summed E-state index contributed by atoms with van der Waals surface area (Å²) in [6.07, 6.45) is 4.11. The van der Waals surface area contributed by atoms with Gasteiger partial charge in [0.15, 0.2) is 6.61 Å². The highest BCUT2D eigenvalue weighted by atomic mass is 16.5. The third kappa shape index (κ3) is 4.74. The van der Waals surface area contributed by atoms with Crippen LogP contribution in [0.25, 0.3) is 0 Å². The number of hydrogen-bond acceptors (Lipinski definition) is 3. The van der Waals surface area contributed by atoms with Crippen molar-refractivity contribution in [2.24, 2.45) is 5.73 Å². The van der Waals surface area contributed by atoms with Crippen LogP contribution in [-0.2, 0) is 11.2 Å². The predicted molar refractivity (Wildman–Crippen MR) is 84.3 cm³/mol. The van der Waals surface area contributed by atoms with Gasteiger partial charge in [0.1, 0.15) is 5.75 Å². The molecule has 1 unspecified atom stereocenters. The van der Waals surface area contributed by atoms with Crippen LogP contribution in [0.15, 0.2) is 24.3 Å². The molecule has 2 N–H and O–H groups in total. The molecule has 116 valence electrons. The van der Waals surface area contributed by atoms with E-state index in [-0.39, 0.29) is 18.6 Å². The largest absolute Gasteiger partial charge is 0.484 e. The Labute approximate surface area is 127 Å². The highest BCUT2D eigenvalue weighted by Crippen LogP contribution is 2.26. The standard InChI is InChI=1S/C17H26N2O2/c1-3-14(18)11-13-5-9-16(10-6-13)21-12-17(20)19(4-2)15-7-8-15/h5-6,9-10,14-15H,3-4,7-8,11-12,18H2,1-2H3. The Balaban J connectivity index is 1.81. The molecule has 1 aliphatic carbocycles. The average molecular weight is 290 g/mol. The van der Waals surface area contributed by atoms with Crippen LogP contribution in [0.3, 0.4) is 0 Å². The first-order valence-corrected chi connectivity index (χ1v) is 7.90. The molecule has 0 saturated heterocycles. The summed E-state index contributed by atoms with van der Waals surface area (Å²) in [5.74, 6) is 0.820. The normalized spacial score (nSPS) is 15.6. The lowest BCUT2D eigenvalue weighted by Gasteiger charge is -2.20. The quantitative estimate of drug-likeness (QED) is 0.799. The number of carbonyl (C=O) groups is 1. The first kappa shape index (κ1) is 15.8. The third-order valence-corrected chi connectivity index (χ3v) is 3.96. The Kier molecular flexibility index (Phi) is 5.62. The van der Waals surface area contributed by atoms with Crippen molar-refractivity contribution in [1.82, 2.24) is 4.90 Å². The number of likely N-dealkylation sites (N-methyl/N-ethyl adjacent to an activating group) is 1. The molecule has 21 heavy (non-hydrogen) atoms. The number of nitrogens with zero attached hydrogens (tertiary/aromatic N) is 1. The van der Waals surface area contributed by atoms with Gasteiger partial charge in [-0.15, -0.1) is 0 Å². The Bertz CT molecular complexity index is 454. The molecule has 1 aromatic carbocycles. The summed E-state index contributed by atoms with van der Waals surface area (Å²) in [6.45, 7) is 4.99. The molecule has 2 rings (SSSR count). The van der Waals surface area contributed by atoms with Gasteiger partial charge in [-0.2, -0.15) is 0 Å². The van der Waals surface area contributed by atoms with Crippen molar-refractivity contribution in [1.29, 1.82) is 0 Å². The van der Waals surface area contributed by atoms with Crippen LogP contribution < -0.4 is 10.5 Å². The van der Waals surface area contributed by atoms with E-state index in [1.807, 2.05) is 36.1 Å². The highest BCUT2D eigenvalue weighted by Gasteiger charge is 2.31. The van der Waals surface area contributed by atoms with Gasteiger partial charge in [0.25, 0.3) is 5.91 Å². The predicted octanol–water partition coefficient (Wildman–Crippen LogP) is 2.36. The zero-order valence-electron chi connectivity index (χ0n) is 13.0. The summed E-state index contributed by atoms with van der Waals surface area (Å²) in [5, 5.41) is 0. The molecule has 0 bridgehead atoms. The maximum absolute atomic E-state index is 12.1. The fourth-order valence-electron chi connectivity index (χ4n) is 2.42. The third-order valence-electron chi connectivity index (χ3n) is 3.96. The van der Waals surface area contributed by atoms with Gasteiger partial charge < -0.3 is 15.4 Å². The van der Waals surface area contributed by atoms with Gasteiger partial charge in [-0.25, -0.2) is 0 Å². The molecule has 1 amide bonds. The summed E-state index contributed by atoms with van der Waals surface area (Å²) in [7, 11) is 0. The molecule has 0 radical (unpaired) electrons. The summed E-state index contributed by atoms with van der Waals surface area (Å²) in [4.78, 5) is 14.0. The van der Waals surface area contributed by atoms with Crippen molar-refractivity contribution in [2.45, 2.75) is 51.6 Å². The molecule has 0 heterocycles. The van der Waals surface area contributed by atoms with Gasteiger partial charge in [0.05, 0.1) is 0 Å². The van der Waals surface area contributed by atoms with Crippen molar-refractivity contribution < 1.29 is 9.53 Å². The molecular formula is C17H26N2O2. The monoisotopic (exact) mass is 290 g/mol. The molecule has 4 nitrogen and oxygen atoms in total. The fraction of sp³-hybridized carbons (Fsp3) is 0.588. The number of amides is 1. The number of rotatable bonds is 8. The van der Waals surface area contributed by atoms with Crippen molar-refractivity contribution in [3.8, 4) is 5.75 Å². The summed E-state index contributed by atoms with van der Waals surface area (Å²) in [5.41, 5.74) is 7.15. The second-order valence-electron chi connectivity index (χ2n) is 5.72. The van der Waals surface area contributed by atoms with E-state index >= 15 is 0 Å². The first-order valence-electron chi connectivity index (χ1n) is 7.90. The smallest absolute Gasteiger partial charge is 0.260 e. The molecule has 0 aromatic heterocycles. The second kappa shape index (κ2) is 7.46. The zero-order chi connectivity index (χ0) is 15.2. The van der Waals surface area contributed by atoms with Crippen molar-refractivity contribution in [3.63, 3.8) is 0 Å². The number of nitrogens with two attached hydrogens (primary N) is 1. The lowest BCUT2D eigenvalue weighted by molar-refractivity contribution is -0.133. The molecule has 1 fully saturated rings.